The Balaban J connectivity index is 1.96. The summed E-state index contributed by atoms with van der Waals surface area (Å²) in [5.41, 5.74) is 1.33. The third-order valence-corrected chi connectivity index (χ3v) is 6.79. The number of nitrogens with zero attached hydrogens (tertiary/aromatic N) is 1. The minimum absolute atomic E-state index is 0.269. The third kappa shape index (κ3) is 2.96. The fourth-order valence-electron chi connectivity index (χ4n) is 3.79. The quantitative estimate of drug-likeness (QED) is 0.293. The molecule has 4 rings (SSSR count). The van der Waals surface area contributed by atoms with Crippen LogP contribution >= 0.6 is 0 Å². The molecule has 5 heteroatoms. The maximum absolute atomic E-state index is 13.5. The lowest BCUT2D eigenvalue weighted by Gasteiger charge is -2.09. The van der Waals surface area contributed by atoms with Crippen LogP contribution in [-0.2, 0) is 16.4 Å². The van der Waals surface area contributed by atoms with Gasteiger partial charge in [0, 0.05) is 11.8 Å². The van der Waals surface area contributed by atoms with E-state index in [2.05, 4.69) is 6.58 Å². The summed E-state index contributed by atoms with van der Waals surface area (Å²) in [5.74, 6) is 1.49. The van der Waals surface area contributed by atoms with E-state index in [1.54, 1.807) is 24.3 Å². The summed E-state index contributed by atoms with van der Waals surface area (Å²) in [4.78, 5) is 0.269. The molecular formula is C23H23NO3S. The number of fused-ring (bicyclic) bond motifs is 3. The van der Waals surface area contributed by atoms with E-state index in [1.165, 1.54) is 3.97 Å². The molecule has 0 radical (unpaired) electrons. The minimum atomic E-state index is -3.74. The fraction of sp³-hybridized carbons (Fsp3) is 0.217. The van der Waals surface area contributed by atoms with Crippen molar-refractivity contribution in [2.24, 2.45) is 0 Å². The Labute approximate surface area is 165 Å². The molecule has 0 aliphatic carbocycles. The number of furan rings is 1. The highest BCUT2D eigenvalue weighted by atomic mass is 32.2. The summed E-state index contributed by atoms with van der Waals surface area (Å²) < 4.78 is 34.5. The van der Waals surface area contributed by atoms with E-state index < -0.39 is 10.0 Å². The Bertz CT molecular complexity index is 1250. The zero-order valence-electron chi connectivity index (χ0n) is 15.9. The van der Waals surface area contributed by atoms with Gasteiger partial charge in [-0.25, -0.2) is 12.4 Å². The van der Waals surface area contributed by atoms with Crippen molar-refractivity contribution >= 4 is 31.8 Å². The molecule has 0 unspecified atom stereocenters. The van der Waals surface area contributed by atoms with Gasteiger partial charge in [-0.3, -0.25) is 0 Å². The molecule has 28 heavy (non-hydrogen) atoms. The van der Waals surface area contributed by atoms with Crippen molar-refractivity contribution < 1.29 is 12.8 Å². The summed E-state index contributed by atoms with van der Waals surface area (Å²) in [7, 11) is -3.74. The van der Waals surface area contributed by atoms with Gasteiger partial charge in [0.15, 0.2) is 0 Å². The largest absolute Gasteiger partial charge is 0.463 e. The van der Waals surface area contributed by atoms with E-state index in [0.717, 1.165) is 42.2 Å². The van der Waals surface area contributed by atoms with Crippen molar-refractivity contribution in [2.45, 2.75) is 37.5 Å². The van der Waals surface area contributed by atoms with Gasteiger partial charge in [-0.05, 0) is 44.4 Å². The van der Waals surface area contributed by atoms with E-state index in [1.807, 2.05) is 43.3 Å². The van der Waals surface area contributed by atoms with Gasteiger partial charge in [-0.15, -0.1) is 6.58 Å². The second-order valence-electron chi connectivity index (χ2n) is 6.94. The van der Waals surface area contributed by atoms with Crippen LogP contribution in [0.3, 0.4) is 0 Å². The molecule has 2 aromatic heterocycles. The van der Waals surface area contributed by atoms with Crippen LogP contribution in [0.1, 0.15) is 30.8 Å². The molecule has 0 spiro atoms. The molecule has 0 saturated heterocycles. The first-order chi connectivity index (χ1) is 13.6. The van der Waals surface area contributed by atoms with Crippen LogP contribution in [0.5, 0.6) is 0 Å². The summed E-state index contributed by atoms with van der Waals surface area (Å²) in [5, 5.41) is 1.82. The van der Waals surface area contributed by atoms with Gasteiger partial charge in [-0.2, -0.15) is 0 Å². The molecule has 144 valence electrons. The molecule has 0 amide bonds. The van der Waals surface area contributed by atoms with Crippen LogP contribution in [-0.4, -0.2) is 12.4 Å². The zero-order chi connectivity index (χ0) is 19.7. The number of aryl methyl sites for hydroxylation is 2. The van der Waals surface area contributed by atoms with Crippen LogP contribution < -0.4 is 0 Å². The van der Waals surface area contributed by atoms with Crippen LogP contribution in [0.25, 0.3) is 21.8 Å². The number of hydrogen-bond donors (Lipinski definition) is 0. The predicted molar refractivity (Wildman–Crippen MR) is 113 cm³/mol. The van der Waals surface area contributed by atoms with Crippen LogP contribution in [0.15, 0.2) is 76.6 Å². The average molecular weight is 394 g/mol. The molecule has 4 aromatic rings. The Morgan fingerprint density at radius 1 is 1.04 bits per heavy atom. The highest BCUT2D eigenvalue weighted by molar-refractivity contribution is 7.90. The lowest BCUT2D eigenvalue weighted by Crippen LogP contribution is -2.12. The third-order valence-electron chi connectivity index (χ3n) is 5.06. The second kappa shape index (κ2) is 7.32. The van der Waals surface area contributed by atoms with E-state index >= 15 is 0 Å². The smallest absolute Gasteiger partial charge is 0.268 e. The van der Waals surface area contributed by atoms with E-state index in [0.29, 0.717) is 16.8 Å². The van der Waals surface area contributed by atoms with Crippen LogP contribution in [0, 0.1) is 6.92 Å². The van der Waals surface area contributed by atoms with Crippen LogP contribution in [0.2, 0.25) is 0 Å². The Morgan fingerprint density at radius 3 is 2.50 bits per heavy atom. The van der Waals surface area contributed by atoms with Crippen molar-refractivity contribution in [1.82, 2.24) is 3.97 Å². The maximum Gasteiger partial charge on any atom is 0.268 e. The molecular weight excluding hydrogens is 370 g/mol. The molecule has 0 bridgehead atoms. The molecule has 0 aliphatic heterocycles. The highest BCUT2D eigenvalue weighted by Crippen LogP contribution is 2.38. The number of para-hydroxylation sites is 1. The summed E-state index contributed by atoms with van der Waals surface area (Å²) in [6, 6.07) is 16.2. The van der Waals surface area contributed by atoms with Gasteiger partial charge in [0.1, 0.15) is 17.0 Å². The molecule has 0 saturated carbocycles. The Morgan fingerprint density at radius 2 is 1.75 bits per heavy atom. The van der Waals surface area contributed by atoms with Gasteiger partial charge in [-0.1, -0.05) is 42.5 Å². The number of aromatic nitrogens is 1. The van der Waals surface area contributed by atoms with Gasteiger partial charge >= 0.3 is 0 Å². The molecule has 4 nitrogen and oxygen atoms in total. The first-order valence-corrected chi connectivity index (χ1v) is 10.9. The number of hydrogen-bond acceptors (Lipinski definition) is 3. The van der Waals surface area contributed by atoms with Crippen molar-refractivity contribution in [3.8, 4) is 0 Å². The second-order valence-corrected chi connectivity index (χ2v) is 8.73. The van der Waals surface area contributed by atoms with Gasteiger partial charge in [0.25, 0.3) is 10.0 Å². The van der Waals surface area contributed by atoms with Crippen LogP contribution in [0.4, 0.5) is 0 Å². The first-order valence-electron chi connectivity index (χ1n) is 9.48. The SMILES string of the molecule is C=CCCCCc1oc(C)c2c1c1ccccc1n2S(=O)(=O)c1ccccc1. The van der Waals surface area contributed by atoms with Crippen molar-refractivity contribution in [3.05, 3.63) is 78.8 Å². The molecule has 2 heterocycles. The van der Waals surface area contributed by atoms with Gasteiger partial charge in [0.05, 0.1) is 15.8 Å². The molecule has 0 atom stereocenters. The summed E-state index contributed by atoms with van der Waals surface area (Å²) in [6.45, 7) is 5.60. The van der Waals surface area contributed by atoms with Crippen molar-refractivity contribution in [2.75, 3.05) is 0 Å². The maximum atomic E-state index is 13.5. The van der Waals surface area contributed by atoms with Crippen molar-refractivity contribution in [1.29, 1.82) is 0 Å². The molecule has 0 aliphatic rings. The monoisotopic (exact) mass is 393 g/mol. The minimum Gasteiger partial charge on any atom is -0.463 e. The first kappa shape index (κ1) is 18.6. The normalized spacial score (nSPS) is 12.0. The zero-order valence-corrected chi connectivity index (χ0v) is 16.7. The molecule has 0 N–H and O–H groups in total. The summed E-state index contributed by atoms with van der Waals surface area (Å²) in [6.07, 6.45) is 5.66. The van der Waals surface area contributed by atoms with Gasteiger partial charge in [0.2, 0.25) is 0 Å². The van der Waals surface area contributed by atoms with Crippen molar-refractivity contribution in [3.63, 3.8) is 0 Å². The molecule has 2 aromatic carbocycles. The lowest BCUT2D eigenvalue weighted by atomic mass is 10.1. The van der Waals surface area contributed by atoms with E-state index in [-0.39, 0.29) is 4.90 Å². The predicted octanol–water partition coefficient (Wildman–Crippen LogP) is 5.83. The van der Waals surface area contributed by atoms with Gasteiger partial charge < -0.3 is 4.42 Å². The topological polar surface area (TPSA) is 52.2 Å². The average Bonchev–Trinajstić information content (AvgIpc) is 3.22. The van der Waals surface area contributed by atoms with E-state index in [4.69, 9.17) is 4.42 Å². The molecule has 0 fully saturated rings. The fourth-order valence-corrected chi connectivity index (χ4v) is 5.39. The van der Waals surface area contributed by atoms with E-state index in [9.17, 15) is 8.42 Å². The highest BCUT2D eigenvalue weighted by Gasteiger charge is 2.27. The number of allylic oxidation sites excluding steroid dienone is 1. The number of benzene rings is 2. The standard InChI is InChI=1S/C23H23NO3S/c1-3-4-5-9-16-21-22-19-14-10-11-15-20(19)24(23(22)17(2)27-21)28(25,26)18-12-7-6-8-13-18/h3,6-8,10-15H,1,4-5,9,16H2,2H3. The lowest BCUT2D eigenvalue weighted by molar-refractivity contribution is 0.479. The Kier molecular flexibility index (Phi) is 4.85. The number of unbranched alkanes of at least 4 members (excludes halogenated alkanes) is 2. The Hall–Kier alpha value is -2.79. The summed E-state index contributed by atoms with van der Waals surface area (Å²) >= 11 is 0. The number of rotatable bonds is 7.